The second kappa shape index (κ2) is 7.35. The summed E-state index contributed by atoms with van der Waals surface area (Å²) in [6, 6.07) is 6.98. The molecule has 0 atom stereocenters. The number of Topliss-reactive ketones (excluding diaryl/α,β-unsaturated/α-hetero) is 1. The van der Waals surface area contributed by atoms with E-state index in [0.717, 1.165) is 5.75 Å². The average molecular weight is 322 g/mol. The summed E-state index contributed by atoms with van der Waals surface area (Å²) < 4.78 is 16.0. The lowest BCUT2D eigenvalue weighted by Gasteiger charge is -2.13. The number of para-hydroxylation sites is 2. The molecule has 0 amide bonds. The summed E-state index contributed by atoms with van der Waals surface area (Å²) in [7, 11) is 0. The highest BCUT2D eigenvalue weighted by Crippen LogP contribution is 2.35. The van der Waals surface area contributed by atoms with E-state index < -0.39 is 18.0 Å². The van der Waals surface area contributed by atoms with Crippen LogP contribution in [0.5, 0.6) is 11.5 Å². The minimum absolute atomic E-state index is 0.0571. The molecule has 0 bridgehead atoms. The number of benzene rings is 1. The zero-order chi connectivity index (χ0) is 16.1. The van der Waals surface area contributed by atoms with Gasteiger partial charge >= 0.3 is 12.3 Å². The van der Waals surface area contributed by atoms with Crippen LogP contribution in [0.3, 0.4) is 0 Å². The number of thioether (sulfide) groups is 1. The standard InChI is InChI=1S/C16H18O5S/c1-4-22-9-11(15(18)19-10(2)3)14(17)16-20-12-7-5-6-8-13(12)21-16/h5-10,16H,4H2,1-3H3. The summed E-state index contributed by atoms with van der Waals surface area (Å²) >= 11 is 1.35. The van der Waals surface area contributed by atoms with Gasteiger partial charge in [-0.25, -0.2) is 4.79 Å². The first-order valence-electron chi connectivity index (χ1n) is 7.02. The molecule has 22 heavy (non-hydrogen) atoms. The van der Waals surface area contributed by atoms with Crippen molar-refractivity contribution in [1.29, 1.82) is 0 Å². The Bertz CT molecular complexity index is 569. The van der Waals surface area contributed by atoms with Crippen LogP contribution in [-0.4, -0.2) is 29.9 Å². The van der Waals surface area contributed by atoms with Crippen molar-refractivity contribution >= 4 is 23.5 Å². The van der Waals surface area contributed by atoms with Crippen molar-refractivity contribution in [3.05, 3.63) is 35.2 Å². The molecule has 1 heterocycles. The maximum Gasteiger partial charge on any atom is 0.342 e. The number of hydrogen-bond acceptors (Lipinski definition) is 6. The predicted octanol–water partition coefficient (Wildman–Crippen LogP) is 2.94. The van der Waals surface area contributed by atoms with Gasteiger partial charge in [0.05, 0.1) is 6.10 Å². The number of rotatable bonds is 6. The Balaban J connectivity index is 2.15. The first kappa shape index (κ1) is 16.4. The number of hydrogen-bond donors (Lipinski definition) is 0. The van der Waals surface area contributed by atoms with Gasteiger partial charge in [-0.05, 0) is 37.1 Å². The lowest BCUT2D eigenvalue weighted by molar-refractivity contribution is -0.146. The second-order valence-corrected chi connectivity index (χ2v) is 5.97. The molecule has 0 aromatic heterocycles. The smallest absolute Gasteiger partial charge is 0.342 e. The number of carbonyl (C=O) groups is 2. The van der Waals surface area contributed by atoms with Crippen molar-refractivity contribution in [3.8, 4) is 11.5 Å². The van der Waals surface area contributed by atoms with Crippen molar-refractivity contribution < 1.29 is 23.8 Å². The van der Waals surface area contributed by atoms with Gasteiger partial charge in [-0.15, -0.1) is 11.8 Å². The van der Waals surface area contributed by atoms with Gasteiger partial charge in [0, 0.05) is 0 Å². The SMILES string of the molecule is CCSC=C(C(=O)OC(C)C)C(=O)C1Oc2ccccc2O1. The minimum atomic E-state index is -1.15. The first-order valence-corrected chi connectivity index (χ1v) is 8.07. The molecule has 0 spiro atoms. The lowest BCUT2D eigenvalue weighted by atomic mass is 10.2. The molecular formula is C16H18O5S. The molecule has 1 aliphatic rings. The summed E-state index contributed by atoms with van der Waals surface area (Å²) in [4.78, 5) is 24.6. The molecule has 6 heteroatoms. The molecule has 0 fully saturated rings. The summed E-state index contributed by atoms with van der Waals surface area (Å²) in [5, 5.41) is 1.50. The van der Waals surface area contributed by atoms with Crippen LogP contribution in [0.1, 0.15) is 20.8 Å². The number of carbonyl (C=O) groups excluding carboxylic acids is 2. The Hall–Kier alpha value is -1.95. The normalized spacial score (nSPS) is 14.3. The van der Waals surface area contributed by atoms with E-state index in [4.69, 9.17) is 14.2 Å². The van der Waals surface area contributed by atoms with E-state index in [1.165, 1.54) is 17.2 Å². The van der Waals surface area contributed by atoms with Crippen molar-refractivity contribution in [2.75, 3.05) is 5.75 Å². The van der Waals surface area contributed by atoms with Gasteiger partial charge in [0.2, 0.25) is 0 Å². The fraction of sp³-hybridized carbons (Fsp3) is 0.375. The number of esters is 1. The Labute approximate surface area is 133 Å². The third kappa shape index (κ3) is 3.82. The number of fused-ring (bicyclic) bond motifs is 1. The Morgan fingerprint density at radius 2 is 1.86 bits per heavy atom. The topological polar surface area (TPSA) is 61.8 Å². The monoisotopic (exact) mass is 322 g/mol. The average Bonchev–Trinajstić information content (AvgIpc) is 2.90. The van der Waals surface area contributed by atoms with E-state index in [2.05, 4.69) is 0 Å². The zero-order valence-electron chi connectivity index (χ0n) is 12.7. The summed E-state index contributed by atoms with van der Waals surface area (Å²) in [5.74, 6) is 0.506. The van der Waals surface area contributed by atoms with Gasteiger partial charge in [0.15, 0.2) is 11.5 Å². The highest BCUT2D eigenvalue weighted by molar-refractivity contribution is 8.02. The zero-order valence-corrected chi connectivity index (χ0v) is 13.5. The highest BCUT2D eigenvalue weighted by atomic mass is 32.2. The molecule has 1 aromatic rings. The molecule has 0 aliphatic carbocycles. The number of ketones is 1. The molecule has 0 radical (unpaired) electrons. The van der Waals surface area contributed by atoms with Gasteiger partial charge in [-0.1, -0.05) is 19.1 Å². The molecule has 0 saturated carbocycles. The molecule has 0 N–H and O–H groups in total. The van der Waals surface area contributed by atoms with Crippen LogP contribution in [-0.2, 0) is 14.3 Å². The molecule has 1 aliphatic heterocycles. The Morgan fingerprint density at radius 3 is 2.36 bits per heavy atom. The number of ether oxygens (including phenoxy) is 3. The van der Waals surface area contributed by atoms with Gasteiger partial charge in [-0.3, -0.25) is 4.79 Å². The molecular weight excluding hydrogens is 304 g/mol. The summed E-state index contributed by atoms with van der Waals surface area (Å²) in [6.07, 6.45) is -1.46. The lowest BCUT2D eigenvalue weighted by Crippen LogP contribution is -2.34. The van der Waals surface area contributed by atoms with E-state index in [9.17, 15) is 9.59 Å². The van der Waals surface area contributed by atoms with Gasteiger partial charge in [0.25, 0.3) is 5.78 Å². The summed E-state index contributed by atoms with van der Waals surface area (Å²) in [6.45, 7) is 5.38. The maximum absolute atomic E-state index is 12.5. The predicted molar refractivity (Wildman–Crippen MR) is 83.9 cm³/mol. The van der Waals surface area contributed by atoms with Gasteiger partial charge in [0.1, 0.15) is 5.57 Å². The maximum atomic E-state index is 12.5. The van der Waals surface area contributed by atoms with E-state index >= 15 is 0 Å². The van der Waals surface area contributed by atoms with Crippen molar-refractivity contribution in [2.45, 2.75) is 33.2 Å². The van der Waals surface area contributed by atoms with Crippen LogP contribution in [0, 0.1) is 0 Å². The fourth-order valence-electron chi connectivity index (χ4n) is 1.78. The highest BCUT2D eigenvalue weighted by Gasteiger charge is 2.35. The van der Waals surface area contributed by atoms with E-state index in [1.807, 2.05) is 6.92 Å². The molecule has 2 rings (SSSR count). The molecule has 0 saturated heterocycles. The molecule has 1 aromatic carbocycles. The third-order valence-electron chi connectivity index (χ3n) is 2.73. The van der Waals surface area contributed by atoms with Crippen LogP contribution in [0.15, 0.2) is 35.2 Å². The fourth-order valence-corrected chi connectivity index (χ4v) is 2.33. The van der Waals surface area contributed by atoms with Crippen molar-refractivity contribution in [1.82, 2.24) is 0 Å². The largest absolute Gasteiger partial charge is 0.459 e. The molecule has 0 unspecified atom stereocenters. The molecule has 5 nitrogen and oxygen atoms in total. The van der Waals surface area contributed by atoms with E-state index in [0.29, 0.717) is 11.5 Å². The van der Waals surface area contributed by atoms with Crippen LogP contribution in [0.25, 0.3) is 0 Å². The Morgan fingerprint density at radius 1 is 1.27 bits per heavy atom. The quantitative estimate of drug-likeness (QED) is 0.347. The van der Waals surface area contributed by atoms with Crippen LogP contribution < -0.4 is 9.47 Å². The van der Waals surface area contributed by atoms with Gasteiger partial charge in [-0.2, -0.15) is 0 Å². The third-order valence-corrected chi connectivity index (χ3v) is 3.46. The van der Waals surface area contributed by atoms with Gasteiger partial charge < -0.3 is 14.2 Å². The first-order chi connectivity index (χ1) is 10.5. The van der Waals surface area contributed by atoms with Crippen LogP contribution in [0.4, 0.5) is 0 Å². The minimum Gasteiger partial charge on any atom is -0.459 e. The van der Waals surface area contributed by atoms with Crippen molar-refractivity contribution in [2.24, 2.45) is 0 Å². The Kier molecular flexibility index (Phi) is 5.49. The van der Waals surface area contributed by atoms with Crippen LogP contribution >= 0.6 is 11.8 Å². The van der Waals surface area contributed by atoms with E-state index in [1.54, 1.807) is 38.1 Å². The van der Waals surface area contributed by atoms with E-state index in [-0.39, 0.29) is 11.7 Å². The summed E-state index contributed by atoms with van der Waals surface area (Å²) in [5.41, 5.74) is -0.0571. The second-order valence-electron chi connectivity index (χ2n) is 4.82. The molecule has 118 valence electrons. The van der Waals surface area contributed by atoms with Crippen molar-refractivity contribution in [3.63, 3.8) is 0 Å². The van der Waals surface area contributed by atoms with Crippen LogP contribution in [0.2, 0.25) is 0 Å².